The summed E-state index contributed by atoms with van der Waals surface area (Å²) >= 11 is 0. The van der Waals surface area contributed by atoms with Gasteiger partial charge in [0.2, 0.25) is 5.89 Å². The molecular weight excluding hydrogens is 254 g/mol. The summed E-state index contributed by atoms with van der Waals surface area (Å²) in [6.07, 6.45) is 1.75. The number of nitrogens with zero attached hydrogens (tertiary/aromatic N) is 2. The third-order valence-electron chi connectivity index (χ3n) is 2.48. The fourth-order valence-corrected chi connectivity index (χ4v) is 1.75. The van der Waals surface area contributed by atoms with E-state index < -0.39 is 15.1 Å². The van der Waals surface area contributed by atoms with Gasteiger partial charge in [0.1, 0.15) is 5.25 Å². The highest BCUT2D eigenvalue weighted by atomic mass is 32.2. The van der Waals surface area contributed by atoms with Crippen LogP contribution in [-0.4, -0.2) is 36.9 Å². The molecule has 0 radical (unpaired) electrons. The second kappa shape index (κ2) is 5.36. The number of hydrogen-bond donors (Lipinski definition) is 1. The summed E-state index contributed by atoms with van der Waals surface area (Å²) in [6, 6.07) is 0. The molecule has 1 heterocycles. The van der Waals surface area contributed by atoms with E-state index in [1.807, 2.05) is 0 Å². The standard InChI is InChI=1S/C11H21N3O3S/c1-8(18(5,15)16)10-13-9(17-14-10)6-7-12-11(2,3)4/h8,12H,6-7H2,1-5H3. The largest absolute Gasteiger partial charge is 0.339 e. The summed E-state index contributed by atoms with van der Waals surface area (Å²) < 4.78 is 27.7. The lowest BCUT2D eigenvalue weighted by atomic mass is 10.1. The Morgan fingerprint density at radius 1 is 1.39 bits per heavy atom. The van der Waals surface area contributed by atoms with Crippen molar-refractivity contribution in [1.29, 1.82) is 0 Å². The summed E-state index contributed by atoms with van der Waals surface area (Å²) in [4.78, 5) is 4.10. The SMILES string of the molecule is CC(c1noc(CCNC(C)(C)C)n1)S(C)(=O)=O. The van der Waals surface area contributed by atoms with Crippen LogP contribution in [-0.2, 0) is 16.3 Å². The maximum atomic E-state index is 11.4. The van der Waals surface area contributed by atoms with Crippen LogP contribution in [0.4, 0.5) is 0 Å². The van der Waals surface area contributed by atoms with E-state index in [9.17, 15) is 8.42 Å². The monoisotopic (exact) mass is 275 g/mol. The van der Waals surface area contributed by atoms with Gasteiger partial charge in [-0.1, -0.05) is 5.16 Å². The van der Waals surface area contributed by atoms with Crippen molar-refractivity contribution in [1.82, 2.24) is 15.5 Å². The van der Waals surface area contributed by atoms with Crippen molar-refractivity contribution < 1.29 is 12.9 Å². The highest BCUT2D eigenvalue weighted by Gasteiger charge is 2.23. The number of nitrogens with one attached hydrogen (secondary N) is 1. The molecule has 0 fully saturated rings. The first-order chi connectivity index (χ1) is 8.09. The minimum absolute atomic E-state index is 0.0307. The van der Waals surface area contributed by atoms with Crippen LogP contribution >= 0.6 is 0 Å². The van der Waals surface area contributed by atoms with Crippen molar-refractivity contribution >= 4 is 9.84 Å². The summed E-state index contributed by atoms with van der Waals surface area (Å²) in [5.74, 6) is 0.681. The van der Waals surface area contributed by atoms with Crippen LogP contribution < -0.4 is 5.32 Å². The van der Waals surface area contributed by atoms with Crippen LogP contribution in [0.3, 0.4) is 0 Å². The molecule has 1 aromatic rings. The van der Waals surface area contributed by atoms with E-state index in [1.165, 1.54) is 0 Å². The van der Waals surface area contributed by atoms with Crippen molar-refractivity contribution in [3.8, 4) is 0 Å². The predicted octanol–water partition coefficient (Wildman–Crippen LogP) is 1.11. The lowest BCUT2D eigenvalue weighted by Crippen LogP contribution is -2.37. The molecule has 1 aromatic heterocycles. The predicted molar refractivity (Wildman–Crippen MR) is 69.0 cm³/mol. The Morgan fingerprint density at radius 2 is 2.00 bits per heavy atom. The first kappa shape index (κ1) is 15.1. The van der Waals surface area contributed by atoms with Gasteiger partial charge in [-0.15, -0.1) is 0 Å². The Labute approximate surface area is 108 Å². The summed E-state index contributed by atoms with van der Waals surface area (Å²) in [5, 5.41) is 6.27. The van der Waals surface area contributed by atoms with E-state index in [4.69, 9.17) is 4.52 Å². The molecule has 0 spiro atoms. The molecule has 1 atom stereocenters. The van der Waals surface area contributed by atoms with Gasteiger partial charge in [0.05, 0.1) is 0 Å². The zero-order chi connectivity index (χ0) is 14.0. The normalized spacial score (nSPS) is 14.7. The molecule has 0 aliphatic heterocycles. The zero-order valence-corrected chi connectivity index (χ0v) is 12.3. The minimum Gasteiger partial charge on any atom is -0.339 e. The number of rotatable bonds is 5. The molecule has 1 N–H and O–H groups in total. The smallest absolute Gasteiger partial charge is 0.227 e. The van der Waals surface area contributed by atoms with Crippen molar-refractivity contribution in [2.75, 3.05) is 12.8 Å². The van der Waals surface area contributed by atoms with Crippen LogP contribution in [0, 0.1) is 0 Å². The highest BCUT2D eigenvalue weighted by molar-refractivity contribution is 7.90. The third-order valence-corrected chi connectivity index (χ3v) is 3.98. The van der Waals surface area contributed by atoms with Gasteiger partial charge in [-0.25, -0.2) is 8.42 Å². The van der Waals surface area contributed by atoms with E-state index in [0.717, 1.165) is 6.26 Å². The Hall–Kier alpha value is -0.950. The fourth-order valence-electron chi connectivity index (χ4n) is 1.27. The zero-order valence-electron chi connectivity index (χ0n) is 11.5. The molecule has 1 rings (SSSR count). The molecule has 0 saturated heterocycles. The second-order valence-electron chi connectivity index (χ2n) is 5.44. The first-order valence-corrected chi connectivity index (χ1v) is 7.81. The average Bonchev–Trinajstić information content (AvgIpc) is 2.61. The lowest BCUT2D eigenvalue weighted by molar-refractivity contribution is 0.358. The van der Waals surface area contributed by atoms with E-state index >= 15 is 0 Å². The number of sulfone groups is 1. The van der Waals surface area contributed by atoms with Crippen LogP contribution in [0.15, 0.2) is 4.52 Å². The molecule has 7 heteroatoms. The van der Waals surface area contributed by atoms with Gasteiger partial charge in [0.15, 0.2) is 15.7 Å². The van der Waals surface area contributed by atoms with Gasteiger partial charge < -0.3 is 9.84 Å². The van der Waals surface area contributed by atoms with Crippen LogP contribution in [0.25, 0.3) is 0 Å². The molecule has 0 aromatic carbocycles. The van der Waals surface area contributed by atoms with Gasteiger partial charge in [-0.05, 0) is 27.7 Å². The quantitative estimate of drug-likeness (QED) is 0.866. The summed E-state index contributed by atoms with van der Waals surface area (Å²) in [7, 11) is -3.19. The molecular formula is C11H21N3O3S. The van der Waals surface area contributed by atoms with Crippen molar-refractivity contribution in [2.24, 2.45) is 0 Å². The molecule has 6 nitrogen and oxygen atoms in total. The Kier molecular flexibility index (Phi) is 4.50. The van der Waals surface area contributed by atoms with E-state index in [0.29, 0.717) is 18.9 Å². The maximum Gasteiger partial charge on any atom is 0.227 e. The molecule has 0 amide bonds. The van der Waals surface area contributed by atoms with Gasteiger partial charge in [-0.2, -0.15) is 4.98 Å². The molecule has 1 unspecified atom stereocenters. The van der Waals surface area contributed by atoms with Crippen molar-refractivity contribution in [3.63, 3.8) is 0 Å². The Bertz CT molecular complexity index is 488. The van der Waals surface area contributed by atoms with Gasteiger partial charge in [0.25, 0.3) is 0 Å². The molecule has 104 valence electrons. The molecule has 0 bridgehead atoms. The second-order valence-corrected chi connectivity index (χ2v) is 7.81. The average molecular weight is 275 g/mol. The third kappa shape index (κ3) is 4.73. The molecule has 0 saturated carbocycles. The topological polar surface area (TPSA) is 85.1 Å². The number of aromatic nitrogens is 2. The number of hydrogen-bond acceptors (Lipinski definition) is 6. The van der Waals surface area contributed by atoms with E-state index in [-0.39, 0.29) is 11.4 Å². The van der Waals surface area contributed by atoms with Crippen molar-refractivity contribution in [3.05, 3.63) is 11.7 Å². The lowest BCUT2D eigenvalue weighted by Gasteiger charge is -2.19. The van der Waals surface area contributed by atoms with E-state index in [1.54, 1.807) is 6.92 Å². The minimum atomic E-state index is -3.19. The molecule has 0 aliphatic carbocycles. The Morgan fingerprint density at radius 3 is 2.50 bits per heavy atom. The maximum absolute atomic E-state index is 11.4. The molecule has 18 heavy (non-hydrogen) atoms. The fraction of sp³-hybridized carbons (Fsp3) is 0.818. The molecule has 0 aliphatic rings. The van der Waals surface area contributed by atoms with E-state index in [2.05, 4.69) is 36.2 Å². The highest BCUT2D eigenvalue weighted by Crippen LogP contribution is 2.17. The van der Waals surface area contributed by atoms with Gasteiger partial charge in [0, 0.05) is 24.8 Å². The summed E-state index contributed by atoms with van der Waals surface area (Å²) in [6.45, 7) is 8.46. The van der Waals surface area contributed by atoms with Crippen LogP contribution in [0.1, 0.15) is 44.7 Å². The Balaban J connectivity index is 2.59. The van der Waals surface area contributed by atoms with Crippen LogP contribution in [0.2, 0.25) is 0 Å². The first-order valence-electron chi connectivity index (χ1n) is 5.86. The van der Waals surface area contributed by atoms with Crippen molar-refractivity contribution in [2.45, 2.75) is 44.9 Å². The van der Waals surface area contributed by atoms with Gasteiger partial charge in [-0.3, -0.25) is 0 Å². The summed E-state index contributed by atoms with van der Waals surface area (Å²) in [5.41, 5.74) is 0.0307. The van der Waals surface area contributed by atoms with Crippen LogP contribution in [0.5, 0.6) is 0 Å². The van der Waals surface area contributed by atoms with Gasteiger partial charge >= 0.3 is 0 Å².